The minimum Gasteiger partial charge on any atom is -0.335 e. The Kier molecular flexibility index (Phi) is 8.51. The molecule has 0 radical (unpaired) electrons. The van der Waals surface area contributed by atoms with Crippen molar-refractivity contribution in [1.29, 1.82) is 0 Å². The van der Waals surface area contributed by atoms with Crippen LogP contribution in [0.1, 0.15) is 191 Å². The summed E-state index contributed by atoms with van der Waals surface area (Å²) in [7, 11) is 0. The van der Waals surface area contributed by atoms with Crippen LogP contribution in [-0.4, -0.2) is 12.3 Å². The van der Waals surface area contributed by atoms with E-state index in [1.54, 1.807) is 55.5 Å². The van der Waals surface area contributed by atoms with E-state index in [9.17, 15) is 0 Å². The van der Waals surface area contributed by atoms with Crippen molar-refractivity contribution in [2.75, 3.05) is 4.90 Å². The first-order valence-electron chi connectivity index (χ1n) is 24.7. The Morgan fingerprint density at radius 1 is 0.603 bits per heavy atom. The largest absolute Gasteiger partial charge is 0.335 e. The minimum absolute atomic E-state index is 0.0236. The van der Waals surface area contributed by atoms with Crippen LogP contribution in [0.25, 0.3) is 16.7 Å². The molecule has 1 nitrogen and oxygen atoms in total. The van der Waals surface area contributed by atoms with Gasteiger partial charge in [0.2, 0.25) is 6.71 Å². The van der Waals surface area contributed by atoms with Gasteiger partial charge in [-0.1, -0.05) is 193 Å². The molecule has 0 amide bonds. The molecule has 324 valence electrons. The summed E-state index contributed by atoms with van der Waals surface area (Å²) in [5.41, 5.74) is 26.2. The van der Waals surface area contributed by atoms with E-state index in [0.717, 1.165) is 6.42 Å². The van der Waals surface area contributed by atoms with Crippen molar-refractivity contribution in [3.05, 3.63) is 147 Å². The number of allylic oxidation sites excluding steroid dienone is 2. The quantitative estimate of drug-likeness (QED) is 0.164. The highest BCUT2D eigenvalue weighted by atomic mass is 15.3. The number of nitrogens with zero attached hydrogens (tertiary/aromatic N) is 1. The molecule has 1 saturated carbocycles. The first-order valence-corrected chi connectivity index (χ1v) is 24.7. The predicted molar refractivity (Wildman–Crippen MR) is 272 cm³/mol. The lowest BCUT2D eigenvalue weighted by Gasteiger charge is -2.53. The summed E-state index contributed by atoms with van der Waals surface area (Å²) in [6, 6.07) is 37.3. The van der Waals surface area contributed by atoms with Crippen LogP contribution in [0, 0.1) is 0 Å². The Morgan fingerprint density at radius 3 is 1.89 bits per heavy atom. The van der Waals surface area contributed by atoms with Crippen LogP contribution in [0.2, 0.25) is 0 Å². The van der Waals surface area contributed by atoms with Gasteiger partial charge in [0.25, 0.3) is 0 Å². The van der Waals surface area contributed by atoms with Crippen LogP contribution in [0.15, 0.2) is 96.5 Å². The fourth-order valence-electron chi connectivity index (χ4n) is 14.2. The molecule has 1 fully saturated rings. The van der Waals surface area contributed by atoms with Crippen molar-refractivity contribution in [2.45, 2.75) is 186 Å². The summed E-state index contributed by atoms with van der Waals surface area (Å²) in [6.07, 6.45) is 8.46. The topological polar surface area (TPSA) is 3.24 Å². The summed E-state index contributed by atoms with van der Waals surface area (Å²) in [5.74, 6) is 0.215. The minimum atomic E-state index is -0.157. The van der Waals surface area contributed by atoms with Gasteiger partial charge in [0.15, 0.2) is 0 Å². The predicted octanol–water partition coefficient (Wildman–Crippen LogP) is 14.6. The lowest BCUT2D eigenvalue weighted by atomic mass is 9.28. The molecule has 0 bridgehead atoms. The van der Waals surface area contributed by atoms with E-state index in [2.05, 4.69) is 193 Å². The zero-order valence-corrected chi connectivity index (χ0v) is 41.2. The number of anilines is 2. The van der Waals surface area contributed by atoms with Gasteiger partial charge in [-0.2, -0.15) is 0 Å². The van der Waals surface area contributed by atoms with Crippen LogP contribution < -0.4 is 15.8 Å². The van der Waals surface area contributed by atoms with Gasteiger partial charge < -0.3 is 4.90 Å². The highest BCUT2D eigenvalue weighted by molar-refractivity contribution is 6.95. The molecule has 3 atom stereocenters. The fraction of sp³-hybridized carbons (Fsp3) is 0.475. The molecule has 5 aromatic carbocycles. The highest BCUT2D eigenvalue weighted by Gasteiger charge is 2.63. The van der Waals surface area contributed by atoms with Crippen molar-refractivity contribution in [1.82, 2.24) is 0 Å². The molecule has 3 aliphatic heterocycles. The normalized spacial score (nSPS) is 25.5. The van der Waals surface area contributed by atoms with Gasteiger partial charge >= 0.3 is 0 Å². The van der Waals surface area contributed by atoms with Crippen molar-refractivity contribution < 1.29 is 0 Å². The second kappa shape index (κ2) is 12.9. The molecule has 3 unspecified atom stereocenters. The smallest absolute Gasteiger partial charge is 0.244 e. The number of fused-ring (bicyclic) bond motifs is 9. The van der Waals surface area contributed by atoms with E-state index in [1.165, 1.54) is 77.6 Å². The van der Waals surface area contributed by atoms with Gasteiger partial charge in [0.05, 0.1) is 5.54 Å². The van der Waals surface area contributed by atoms with E-state index in [0.29, 0.717) is 0 Å². The maximum atomic E-state index is 2.96. The number of hydrogen-bond donors (Lipinski definition) is 0. The maximum Gasteiger partial charge on any atom is 0.244 e. The SMILES string of the molecule is CC(C)(C)c1ccc(CC2C3=C(B4c5cc(C(C)(C)C)cc6c5N(c5cc(-c7ccccc7)cc2c54)C2(C)CCCCC62C)C(C)(C)c2cc4c(cc23)C(C)(C)CCC4(C)C)cc1. The molecule has 0 aromatic heterocycles. The van der Waals surface area contributed by atoms with Gasteiger partial charge in [-0.25, -0.2) is 0 Å². The summed E-state index contributed by atoms with van der Waals surface area (Å²) < 4.78 is 0. The molecular weight excluding hydrogens is 757 g/mol. The molecule has 0 spiro atoms. The first kappa shape index (κ1) is 41.4. The third kappa shape index (κ3) is 5.61. The van der Waals surface area contributed by atoms with Crippen molar-refractivity contribution in [3.8, 4) is 11.1 Å². The molecule has 3 heterocycles. The molecule has 2 heteroatoms. The average Bonchev–Trinajstić information content (AvgIpc) is 3.59. The molecule has 0 N–H and O–H groups in total. The Balaban J connectivity index is 1.28. The third-order valence-corrected chi connectivity index (χ3v) is 18.4. The van der Waals surface area contributed by atoms with Gasteiger partial charge in [0.1, 0.15) is 0 Å². The Hall–Kier alpha value is -4.30. The molecule has 11 rings (SSSR count). The van der Waals surface area contributed by atoms with Gasteiger partial charge in [-0.15, -0.1) is 0 Å². The second-order valence-electron chi connectivity index (χ2n) is 25.5. The number of rotatable bonds is 3. The highest BCUT2D eigenvalue weighted by Crippen LogP contribution is 2.65. The van der Waals surface area contributed by atoms with Crippen LogP contribution in [-0.2, 0) is 38.9 Å². The van der Waals surface area contributed by atoms with Gasteiger partial charge in [0, 0.05) is 28.1 Å². The second-order valence-corrected chi connectivity index (χ2v) is 25.5. The average molecular weight is 830 g/mol. The summed E-state index contributed by atoms with van der Waals surface area (Å²) in [6.45, 7) is 35.1. The molecule has 6 aliphatic rings. The summed E-state index contributed by atoms with van der Waals surface area (Å²) >= 11 is 0. The van der Waals surface area contributed by atoms with Crippen LogP contribution in [0.4, 0.5) is 11.4 Å². The van der Waals surface area contributed by atoms with E-state index in [1.807, 2.05) is 0 Å². The molecule has 5 aromatic rings. The van der Waals surface area contributed by atoms with Crippen LogP contribution in [0.3, 0.4) is 0 Å². The Morgan fingerprint density at radius 2 is 1.24 bits per heavy atom. The zero-order chi connectivity index (χ0) is 44.6. The Bertz CT molecular complexity index is 2780. The van der Waals surface area contributed by atoms with Crippen LogP contribution >= 0.6 is 0 Å². The maximum absolute atomic E-state index is 2.96. The fourth-order valence-corrected chi connectivity index (χ4v) is 14.2. The van der Waals surface area contributed by atoms with E-state index >= 15 is 0 Å². The summed E-state index contributed by atoms with van der Waals surface area (Å²) in [4.78, 5) is 2.96. The standard InChI is InChI=1S/C61H72BN/c1-55(2,3)40-24-22-37(23-25-40)30-42-43-31-39(38-20-16-15-17-21-38)32-50-52(43)62(49-34-41(56(4,5)6)33-48-53(49)63(50)61(14)27-19-18-26-60(48,61)13)54-51(42)44-35-46-47(36-45(44)59(54,11)12)58(9,10)29-28-57(46,7)8/h15-17,20-25,31-36,42H,18-19,26-30H2,1-14H3. The van der Waals surface area contributed by atoms with Crippen molar-refractivity contribution >= 4 is 34.6 Å². The van der Waals surface area contributed by atoms with Crippen LogP contribution in [0.5, 0.6) is 0 Å². The molecular formula is C61H72BN. The van der Waals surface area contributed by atoms with Crippen molar-refractivity contribution in [2.24, 2.45) is 0 Å². The lowest BCUT2D eigenvalue weighted by molar-refractivity contribution is 0.195. The molecule has 0 saturated heterocycles. The zero-order valence-electron chi connectivity index (χ0n) is 41.2. The van der Waals surface area contributed by atoms with Gasteiger partial charge in [-0.3, -0.25) is 0 Å². The lowest BCUT2D eigenvalue weighted by Crippen LogP contribution is -2.62. The number of hydrogen-bond acceptors (Lipinski definition) is 1. The van der Waals surface area contributed by atoms with E-state index < -0.39 is 0 Å². The third-order valence-electron chi connectivity index (χ3n) is 18.4. The van der Waals surface area contributed by atoms with E-state index in [4.69, 9.17) is 0 Å². The molecule has 3 aliphatic carbocycles. The van der Waals surface area contributed by atoms with Crippen molar-refractivity contribution in [3.63, 3.8) is 0 Å². The molecule has 63 heavy (non-hydrogen) atoms. The summed E-state index contributed by atoms with van der Waals surface area (Å²) in [5, 5.41) is 0. The van der Waals surface area contributed by atoms with E-state index in [-0.39, 0.29) is 50.7 Å². The monoisotopic (exact) mass is 830 g/mol. The van der Waals surface area contributed by atoms with Gasteiger partial charge in [-0.05, 0) is 144 Å². The Labute approximate surface area is 381 Å². The first-order chi connectivity index (χ1) is 29.5. The number of benzene rings is 5.